The fourth-order valence-electron chi connectivity index (χ4n) is 3.44. The predicted octanol–water partition coefficient (Wildman–Crippen LogP) is 4.47. The van der Waals surface area contributed by atoms with Crippen LogP contribution in [0.3, 0.4) is 0 Å². The largest absolute Gasteiger partial charge is 0.507 e. The summed E-state index contributed by atoms with van der Waals surface area (Å²) in [4.78, 5) is 12.2. The highest BCUT2D eigenvalue weighted by Gasteiger charge is 2.20. The normalized spacial score (nSPS) is 11.2. The van der Waals surface area contributed by atoms with Gasteiger partial charge in [0.1, 0.15) is 11.6 Å². The highest BCUT2D eigenvalue weighted by atomic mass is 19.1. The van der Waals surface area contributed by atoms with Crippen molar-refractivity contribution in [3.05, 3.63) is 77.6 Å². The number of esters is 1. The minimum absolute atomic E-state index is 0.0850. The highest BCUT2D eigenvalue weighted by molar-refractivity contribution is 6.19. The summed E-state index contributed by atoms with van der Waals surface area (Å²) in [6.45, 7) is 0.409. The molecular formula is C21H16FNO3. The zero-order chi connectivity index (χ0) is 18.3. The van der Waals surface area contributed by atoms with Crippen LogP contribution in [0.25, 0.3) is 21.8 Å². The van der Waals surface area contributed by atoms with E-state index in [4.69, 9.17) is 4.74 Å². The maximum Gasteiger partial charge on any atom is 0.338 e. The van der Waals surface area contributed by atoms with Crippen molar-refractivity contribution in [2.45, 2.75) is 6.54 Å². The van der Waals surface area contributed by atoms with Crippen molar-refractivity contribution in [1.82, 2.24) is 4.57 Å². The summed E-state index contributed by atoms with van der Waals surface area (Å²) in [7, 11) is 1.33. The molecule has 0 amide bonds. The Kier molecular flexibility index (Phi) is 3.84. The summed E-state index contributed by atoms with van der Waals surface area (Å²) in [6.07, 6.45) is 0. The second-order valence-electron chi connectivity index (χ2n) is 6.08. The number of aromatic nitrogens is 1. The summed E-state index contributed by atoms with van der Waals surface area (Å²) >= 11 is 0. The second kappa shape index (κ2) is 6.19. The van der Waals surface area contributed by atoms with E-state index < -0.39 is 5.97 Å². The molecule has 0 aliphatic carbocycles. The third-order valence-corrected chi connectivity index (χ3v) is 4.53. The van der Waals surface area contributed by atoms with Crippen molar-refractivity contribution in [2.24, 2.45) is 0 Å². The van der Waals surface area contributed by atoms with Gasteiger partial charge in [-0.3, -0.25) is 0 Å². The molecule has 1 heterocycles. The minimum atomic E-state index is -0.469. The van der Waals surface area contributed by atoms with Gasteiger partial charge in [-0.1, -0.05) is 24.3 Å². The molecule has 4 nitrogen and oxygen atoms in total. The minimum Gasteiger partial charge on any atom is -0.507 e. The Labute approximate surface area is 149 Å². The van der Waals surface area contributed by atoms with E-state index in [1.807, 2.05) is 22.8 Å². The van der Waals surface area contributed by atoms with Gasteiger partial charge in [0.2, 0.25) is 0 Å². The van der Waals surface area contributed by atoms with E-state index >= 15 is 0 Å². The van der Waals surface area contributed by atoms with E-state index in [0.717, 1.165) is 16.6 Å². The standard InChI is InChI=1S/C21H16FNO3/c1-26-21(25)15-7-3-8-16-19(15)20-17(9-4-10-18(20)24)23(16)12-13-5-2-6-14(22)11-13/h2-11,24H,12H2,1H3. The molecule has 4 rings (SSSR count). The van der Waals surface area contributed by atoms with Gasteiger partial charge in [-0.15, -0.1) is 0 Å². The number of hydrogen-bond acceptors (Lipinski definition) is 3. The molecule has 0 aliphatic heterocycles. The third-order valence-electron chi connectivity index (χ3n) is 4.53. The summed E-state index contributed by atoms with van der Waals surface area (Å²) in [5.74, 6) is -0.688. The number of carbonyl (C=O) groups excluding carboxylic acids is 1. The zero-order valence-corrected chi connectivity index (χ0v) is 14.1. The van der Waals surface area contributed by atoms with Crippen LogP contribution in [0.5, 0.6) is 5.75 Å². The van der Waals surface area contributed by atoms with Crippen LogP contribution in [0.1, 0.15) is 15.9 Å². The molecule has 0 spiro atoms. The van der Waals surface area contributed by atoms with Crippen LogP contribution >= 0.6 is 0 Å². The van der Waals surface area contributed by atoms with Crippen LogP contribution in [-0.2, 0) is 11.3 Å². The summed E-state index contributed by atoms with van der Waals surface area (Å²) in [5.41, 5.74) is 2.71. The number of halogens is 1. The first-order valence-corrected chi connectivity index (χ1v) is 8.16. The van der Waals surface area contributed by atoms with Crippen molar-refractivity contribution in [1.29, 1.82) is 0 Å². The first-order chi connectivity index (χ1) is 12.6. The van der Waals surface area contributed by atoms with Gasteiger partial charge in [-0.2, -0.15) is 0 Å². The number of benzene rings is 3. The maximum atomic E-state index is 13.6. The molecule has 0 fully saturated rings. The lowest BCUT2D eigenvalue weighted by Gasteiger charge is -2.08. The number of phenols is 1. The molecule has 0 aliphatic rings. The molecule has 1 aromatic heterocycles. The Morgan fingerprint density at radius 1 is 1.04 bits per heavy atom. The molecule has 0 radical (unpaired) electrons. The summed E-state index contributed by atoms with van der Waals surface area (Å²) < 4.78 is 20.5. The lowest BCUT2D eigenvalue weighted by molar-refractivity contribution is 0.0603. The Hall–Kier alpha value is -3.34. The molecule has 0 unspecified atom stereocenters. The number of hydrogen-bond donors (Lipinski definition) is 1. The molecule has 5 heteroatoms. The van der Waals surface area contributed by atoms with E-state index in [1.54, 1.807) is 30.3 Å². The van der Waals surface area contributed by atoms with E-state index in [-0.39, 0.29) is 11.6 Å². The Morgan fingerprint density at radius 2 is 1.73 bits per heavy atom. The predicted molar refractivity (Wildman–Crippen MR) is 98.0 cm³/mol. The number of aromatic hydroxyl groups is 1. The summed E-state index contributed by atoms with van der Waals surface area (Å²) in [5, 5.41) is 11.7. The molecule has 1 N–H and O–H groups in total. The zero-order valence-electron chi connectivity index (χ0n) is 14.1. The maximum absolute atomic E-state index is 13.6. The fraction of sp³-hybridized carbons (Fsp3) is 0.0952. The highest BCUT2D eigenvalue weighted by Crippen LogP contribution is 2.37. The number of nitrogens with zero attached hydrogens (tertiary/aromatic N) is 1. The monoisotopic (exact) mass is 349 g/mol. The van der Waals surface area contributed by atoms with Gasteiger partial charge in [0, 0.05) is 11.9 Å². The quantitative estimate of drug-likeness (QED) is 0.555. The van der Waals surface area contributed by atoms with E-state index in [9.17, 15) is 14.3 Å². The average molecular weight is 349 g/mol. The number of phenolic OH excluding ortho intramolecular Hbond substituents is 1. The average Bonchev–Trinajstić information content (AvgIpc) is 2.96. The van der Waals surface area contributed by atoms with Crippen molar-refractivity contribution >= 4 is 27.8 Å². The van der Waals surface area contributed by atoms with Crippen LogP contribution in [0, 0.1) is 5.82 Å². The van der Waals surface area contributed by atoms with Crippen molar-refractivity contribution < 1.29 is 19.0 Å². The van der Waals surface area contributed by atoms with Gasteiger partial charge in [0.25, 0.3) is 0 Å². The van der Waals surface area contributed by atoms with Gasteiger partial charge in [0.05, 0.1) is 29.1 Å². The van der Waals surface area contributed by atoms with E-state index in [2.05, 4.69) is 0 Å². The Balaban J connectivity index is 2.06. The van der Waals surface area contributed by atoms with Crippen molar-refractivity contribution in [2.75, 3.05) is 7.11 Å². The Morgan fingerprint density at radius 3 is 2.46 bits per heavy atom. The molecule has 0 bridgehead atoms. The lowest BCUT2D eigenvalue weighted by atomic mass is 10.1. The molecule has 3 aromatic carbocycles. The van der Waals surface area contributed by atoms with Crippen molar-refractivity contribution in [3.63, 3.8) is 0 Å². The van der Waals surface area contributed by atoms with Gasteiger partial charge >= 0.3 is 5.97 Å². The lowest BCUT2D eigenvalue weighted by Crippen LogP contribution is -2.03. The van der Waals surface area contributed by atoms with Crippen LogP contribution in [0.2, 0.25) is 0 Å². The number of methoxy groups -OCH3 is 1. The van der Waals surface area contributed by atoms with Crippen LogP contribution < -0.4 is 0 Å². The SMILES string of the molecule is COC(=O)c1cccc2c1c1c(O)cccc1n2Cc1cccc(F)c1. The summed E-state index contributed by atoms with van der Waals surface area (Å²) in [6, 6.07) is 16.9. The van der Waals surface area contributed by atoms with Crippen molar-refractivity contribution in [3.8, 4) is 5.75 Å². The number of carbonyl (C=O) groups is 1. The second-order valence-corrected chi connectivity index (χ2v) is 6.08. The number of rotatable bonds is 3. The van der Waals surface area contributed by atoms with Crippen LogP contribution in [0.4, 0.5) is 4.39 Å². The van der Waals surface area contributed by atoms with Crippen LogP contribution in [0.15, 0.2) is 60.7 Å². The first kappa shape index (κ1) is 16.1. The van der Waals surface area contributed by atoms with E-state index in [1.165, 1.54) is 19.2 Å². The molecular weight excluding hydrogens is 333 g/mol. The van der Waals surface area contributed by atoms with Gasteiger partial charge in [-0.25, -0.2) is 9.18 Å². The number of fused-ring (bicyclic) bond motifs is 3. The van der Waals surface area contributed by atoms with Gasteiger partial charge < -0.3 is 14.4 Å². The molecule has 26 heavy (non-hydrogen) atoms. The van der Waals surface area contributed by atoms with Gasteiger partial charge in [0.15, 0.2) is 0 Å². The van der Waals surface area contributed by atoms with Crippen LogP contribution in [-0.4, -0.2) is 22.8 Å². The van der Waals surface area contributed by atoms with E-state index in [0.29, 0.717) is 22.9 Å². The fourth-order valence-corrected chi connectivity index (χ4v) is 3.44. The topological polar surface area (TPSA) is 51.5 Å². The molecule has 130 valence electrons. The molecule has 0 atom stereocenters. The molecule has 0 saturated heterocycles. The van der Waals surface area contributed by atoms with Gasteiger partial charge in [-0.05, 0) is 42.0 Å². The first-order valence-electron chi connectivity index (χ1n) is 8.16. The third kappa shape index (κ3) is 2.49. The Bertz CT molecular complexity index is 1150. The molecule has 0 saturated carbocycles. The molecule has 4 aromatic rings. The smallest absolute Gasteiger partial charge is 0.338 e. The number of ether oxygens (including phenoxy) is 1.